The summed E-state index contributed by atoms with van der Waals surface area (Å²) in [4.78, 5) is 24.8. The molecule has 1 heterocycles. The molecule has 110 valence electrons. The van der Waals surface area contributed by atoms with Crippen molar-refractivity contribution in [1.29, 1.82) is 0 Å². The largest absolute Gasteiger partial charge is 0.336 e. The first-order chi connectivity index (χ1) is 9.08. The van der Waals surface area contributed by atoms with Gasteiger partial charge in [-0.2, -0.15) is 0 Å². The van der Waals surface area contributed by atoms with Gasteiger partial charge in [-0.3, -0.25) is 9.59 Å². The molecular weight excluding hydrogens is 285 g/mol. The van der Waals surface area contributed by atoms with Gasteiger partial charge >= 0.3 is 0 Å². The molecule has 0 atom stereocenters. The van der Waals surface area contributed by atoms with E-state index in [-0.39, 0.29) is 29.8 Å². The number of nitrogens with one attached hydrogen (secondary N) is 2. The molecule has 0 saturated carbocycles. The zero-order valence-corrected chi connectivity index (χ0v) is 11.9. The highest BCUT2D eigenvalue weighted by Crippen LogP contribution is 2.17. The molecule has 0 aromatic heterocycles. The number of anilines is 1. The number of benzene rings is 1. The molecule has 2 amide bonds. The van der Waals surface area contributed by atoms with E-state index in [2.05, 4.69) is 10.6 Å². The Morgan fingerprint density at radius 3 is 2.55 bits per heavy atom. The van der Waals surface area contributed by atoms with E-state index >= 15 is 0 Å². The van der Waals surface area contributed by atoms with Gasteiger partial charge in [0, 0.05) is 38.8 Å². The van der Waals surface area contributed by atoms with Crippen molar-refractivity contribution in [1.82, 2.24) is 10.2 Å². The quantitative estimate of drug-likeness (QED) is 0.864. The normalized spacial score (nSPS) is 14.4. The topological polar surface area (TPSA) is 61.4 Å². The first kappa shape index (κ1) is 16.4. The van der Waals surface area contributed by atoms with Gasteiger partial charge in [0.2, 0.25) is 5.91 Å². The van der Waals surface area contributed by atoms with Crippen molar-refractivity contribution in [2.24, 2.45) is 0 Å². The SMILES string of the molecule is CC(=O)Nc1ccc(F)c(C(=O)N2CCNCC2)c1.Cl. The number of halogens is 2. The molecule has 1 aromatic carbocycles. The third kappa shape index (κ3) is 3.91. The maximum absolute atomic E-state index is 13.7. The third-order valence-electron chi connectivity index (χ3n) is 2.92. The summed E-state index contributed by atoms with van der Waals surface area (Å²) in [5.74, 6) is -1.17. The second kappa shape index (κ2) is 7.21. The van der Waals surface area contributed by atoms with Crippen molar-refractivity contribution in [3.63, 3.8) is 0 Å². The molecule has 1 aliphatic rings. The Balaban J connectivity index is 0.00000200. The highest BCUT2D eigenvalue weighted by molar-refractivity contribution is 5.97. The van der Waals surface area contributed by atoms with Gasteiger partial charge < -0.3 is 15.5 Å². The van der Waals surface area contributed by atoms with Crippen LogP contribution in [0.3, 0.4) is 0 Å². The molecule has 0 aliphatic carbocycles. The number of rotatable bonds is 2. The molecular formula is C13H17ClFN3O2. The lowest BCUT2D eigenvalue weighted by molar-refractivity contribution is -0.114. The summed E-state index contributed by atoms with van der Waals surface area (Å²) in [6.45, 7) is 3.89. The van der Waals surface area contributed by atoms with Crippen LogP contribution in [0.5, 0.6) is 0 Å². The van der Waals surface area contributed by atoms with Crippen molar-refractivity contribution in [3.05, 3.63) is 29.6 Å². The van der Waals surface area contributed by atoms with E-state index in [4.69, 9.17) is 0 Å². The van der Waals surface area contributed by atoms with Crippen LogP contribution in [0.1, 0.15) is 17.3 Å². The van der Waals surface area contributed by atoms with Crippen LogP contribution < -0.4 is 10.6 Å². The Kier molecular flexibility index (Phi) is 5.91. The van der Waals surface area contributed by atoms with E-state index in [1.807, 2.05) is 0 Å². The fourth-order valence-electron chi connectivity index (χ4n) is 2.01. The van der Waals surface area contributed by atoms with Crippen LogP contribution in [0.25, 0.3) is 0 Å². The molecule has 5 nitrogen and oxygen atoms in total. The predicted molar refractivity (Wildman–Crippen MR) is 76.7 cm³/mol. The molecule has 1 fully saturated rings. The standard InChI is InChI=1S/C13H16FN3O2.ClH/c1-9(18)16-10-2-3-12(14)11(8-10)13(19)17-6-4-15-5-7-17;/h2-3,8,15H,4-7H2,1H3,(H,16,18);1H. The lowest BCUT2D eigenvalue weighted by atomic mass is 10.1. The van der Waals surface area contributed by atoms with Crippen LogP contribution in [0.4, 0.5) is 10.1 Å². The van der Waals surface area contributed by atoms with E-state index in [9.17, 15) is 14.0 Å². The number of hydrogen-bond donors (Lipinski definition) is 2. The van der Waals surface area contributed by atoms with E-state index in [1.165, 1.54) is 25.1 Å². The summed E-state index contributed by atoms with van der Waals surface area (Å²) >= 11 is 0. The third-order valence-corrected chi connectivity index (χ3v) is 2.92. The monoisotopic (exact) mass is 301 g/mol. The van der Waals surface area contributed by atoms with E-state index in [0.29, 0.717) is 31.9 Å². The average Bonchev–Trinajstić information content (AvgIpc) is 2.40. The lowest BCUT2D eigenvalue weighted by Gasteiger charge is -2.27. The maximum atomic E-state index is 13.7. The highest BCUT2D eigenvalue weighted by Gasteiger charge is 2.21. The molecule has 20 heavy (non-hydrogen) atoms. The van der Waals surface area contributed by atoms with Crippen LogP contribution in [0.2, 0.25) is 0 Å². The zero-order chi connectivity index (χ0) is 13.8. The van der Waals surface area contributed by atoms with Crippen molar-refractivity contribution in [2.75, 3.05) is 31.5 Å². The van der Waals surface area contributed by atoms with E-state index in [0.717, 1.165) is 0 Å². The number of nitrogens with zero attached hydrogens (tertiary/aromatic N) is 1. The number of carbonyl (C=O) groups is 2. The highest BCUT2D eigenvalue weighted by atomic mass is 35.5. The molecule has 1 aromatic rings. The molecule has 1 saturated heterocycles. The molecule has 7 heteroatoms. The van der Waals surface area contributed by atoms with Gasteiger partial charge in [0.05, 0.1) is 5.56 Å². The number of amides is 2. The van der Waals surface area contributed by atoms with Gasteiger partial charge in [-0.15, -0.1) is 12.4 Å². The first-order valence-corrected chi connectivity index (χ1v) is 6.15. The van der Waals surface area contributed by atoms with Gasteiger partial charge in [-0.1, -0.05) is 0 Å². The van der Waals surface area contributed by atoms with Gasteiger partial charge in [0.1, 0.15) is 5.82 Å². The van der Waals surface area contributed by atoms with E-state index in [1.54, 1.807) is 4.90 Å². The van der Waals surface area contributed by atoms with Crippen molar-refractivity contribution >= 4 is 29.9 Å². The summed E-state index contributed by atoms with van der Waals surface area (Å²) in [6.07, 6.45) is 0. The lowest BCUT2D eigenvalue weighted by Crippen LogP contribution is -2.46. The van der Waals surface area contributed by atoms with Gasteiger partial charge in [-0.05, 0) is 18.2 Å². The number of piperazine rings is 1. The molecule has 2 rings (SSSR count). The second-order valence-electron chi connectivity index (χ2n) is 4.42. The first-order valence-electron chi connectivity index (χ1n) is 6.15. The summed E-state index contributed by atoms with van der Waals surface area (Å²) in [5.41, 5.74) is 0.417. The molecule has 0 radical (unpaired) electrons. The van der Waals surface area contributed by atoms with Crippen LogP contribution in [-0.4, -0.2) is 42.9 Å². The maximum Gasteiger partial charge on any atom is 0.256 e. The number of hydrogen-bond acceptors (Lipinski definition) is 3. The van der Waals surface area contributed by atoms with Gasteiger partial charge in [-0.25, -0.2) is 4.39 Å². The fourth-order valence-corrected chi connectivity index (χ4v) is 2.01. The number of carbonyl (C=O) groups excluding carboxylic acids is 2. The summed E-state index contributed by atoms with van der Waals surface area (Å²) in [5, 5.41) is 5.67. The smallest absolute Gasteiger partial charge is 0.256 e. The Bertz CT molecular complexity index is 504. The van der Waals surface area contributed by atoms with Crippen molar-refractivity contribution in [3.8, 4) is 0 Å². The molecule has 1 aliphatic heterocycles. The minimum absolute atomic E-state index is 0. The fraction of sp³-hybridized carbons (Fsp3) is 0.385. The van der Waals surface area contributed by atoms with Crippen LogP contribution >= 0.6 is 12.4 Å². The molecule has 0 unspecified atom stereocenters. The van der Waals surface area contributed by atoms with Crippen molar-refractivity contribution in [2.45, 2.75) is 6.92 Å². The molecule has 0 bridgehead atoms. The summed E-state index contributed by atoms with van der Waals surface area (Å²) in [7, 11) is 0. The second-order valence-corrected chi connectivity index (χ2v) is 4.42. The van der Waals surface area contributed by atoms with E-state index < -0.39 is 5.82 Å². The minimum atomic E-state index is -0.572. The molecule has 0 spiro atoms. The van der Waals surface area contributed by atoms with Crippen LogP contribution in [0.15, 0.2) is 18.2 Å². The van der Waals surface area contributed by atoms with Crippen LogP contribution in [0, 0.1) is 5.82 Å². The Morgan fingerprint density at radius 1 is 1.30 bits per heavy atom. The van der Waals surface area contributed by atoms with Crippen LogP contribution in [-0.2, 0) is 4.79 Å². The molecule has 2 N–H and O–H groups in total. The van der Waals surface area contributed by atoms with Gasteiger partial charge in [0.15, 0.2) is 0 Å². The predicted octanol–water partition coefficient (Wildman–Crippen LogP) is 1.25. The average molecular weight is 302 g/mol. The Labute approximate surface area is 122 Å². The Hall–Kier alpha value is -1.66. The zero-order valence-electron chi connectivity index (χ0n) is 11.1. The summed E-state index contributed by atoms with van der Waals surface area (Å²) < 4.78 is 13.7. The Morgan fingerprint density at radius 2 is 1.95 bits per heavy atom. The summed E-state index contributed by atoms with van der Waals surface area (Å²) in [6, 6.07) is 4.01. The van der Waals surface area contributed by atoms with Crippen molar-refractivity contribution < 1.29 is 14.0 Å². The minimum Gasteiger partial charge on any atom is -0.336 e. The van der Waals surface area contributed by atoms with Gasteiger partial charge in [0.25, 0.3) is 5.91 Å².